The Morgan fingerprint density at radius 1 is 1.56 bits per heavy atom. The molecule has 8 heteroatoms. The summed E-state index contributed by atoms with van der Waals surface area (Å²) in [5.74, 6) is -0.845. The first kappa shape index (κ1) is 14.7. The number of carboxylic acids is 1. The van der Waals surface area contributed by atoms with E-state index in [2.05, 4.69) is 10.3 Å². The maximum absolute atomic E-state index is 10.9. The van der Waals surface area contributed by atoms with Crippen molar-refractivity contribution in [2.45, 2.75) is 6.42 Å². The number of carbonyl (C=O) groups is 1. The number of aromatic carboxylic acids is 1. The molecule has 0 aliphatic heterocycles. The lowest BCUT2D eigenvalue weighted by Crippen LogP contribution is -2.11. The number of anilines is 1. The number of aromatic nitrogens is 1. The minimum absolute atomic E-state index is 0.0179. The average molecular weight is 293 g/mol. The maximum Gasteiger partial charge on any atom is 0.337 e. The van der Waals surface area contributed by atoms with Crippen molar-refractivity contribution >= 4 is 33.2 Å². The lowest BCUT2D eigenvalue weighted by atomic mass is 10.2. The van der Waals surface area contributed by atoms with Crippen LogP contribution >= 0.6 is 11.6 Å². The zero-order valence-electron chi connectivity index (χ0n) is 9.68. The molecule has 0 aromatic carbocycles. The Morgan fingerprint density at radius 3 is 2.78 bits per heavy atom. The Morgan fingerprint density at radius 2 is 2.22 bits per heavy atom. The molecule has 0 fully saturated rings. The van der Waals surface area contributed by atoms with Crippen molar-refractivity contribution in [3.05, 3.63) is 22.8 Å². The van der Waals surface area contributed by atoms with Crippen molar-refractivity contribution in [3.8, 4) is 0 Å². The van der Waals surface area contributed by atoms with E-state index in [-0.39, 0.29) is 22.2 Å². The van der Waals surface area contributed by atoms with Crippen LogP contribution in [0.15, 0.2) is 12.3 Å². The number of hydrogen-bond donors (Lipinski definition) is 2. The van der Waals surface area contributed by atoms with E-state index >= 15 is 0 Å². The van der Waals surface area contributed by atoms with Crippen LogP contribution in [0.1, 0.15) is 16.8 Å². The number of rotatable bonds is 6. The van der Waals surface area contributed by atoms with Crippen LogP contribution in [0.5, 0.6) is 0 Å². The summed E-state index contributed by atoms with van der Waals surface area (Å²) in [6.07, 6.45) is 2.88. The number of carboxylic acid groups (broad SMARTS) is 1. The smallest absolute Gasteiger partial charge is 0.337 e. The lowest BCUT2D eigenvalue weighted by Gasteiger charge is -2.08. The van der Waals surface area contributed by atoms with Crippen molar-refractivity contribution in [1.82, 2.24) is 4.98 Å². The van der Waals surface area contributed by atoms with Gasteiger partial charge in [-0.3, -0.25) is 0 Å². The molecule has 1 rings (SSSR count). The number of nitrogens with zero attached hydrogens (tertiary/aromatic N) is 1. The van der Waals surface area contributed by atoms with Crippen molar-refractivity contribution in [2.75, 3.05) is 23.9 Å². The first-order valence-electron chi connectivity index (χ1n) is 5.10. The summed E-state index contributed by atoms with van der Waals surface area (Å²) in [5, 5.41) is 11.7. The molecule has 0 saturated heterocycles. The molecule has 1 aromatic rings. The van der Waals surface area contributed by atoms with E-state index in [9.17, 15) is 13.2 Å². The molecule has 0 unspecified atom stereocenters. The fourth-order valence-corrected chi connectivity index (χ4v) is 2.20. The van der Waals surface area contributed by atoms with Crippen LogP contribution in [-0.4, -0.2) is 43.0 Å². The second-order valence-corrected chi connectivity index (χ2v) is 6.37. The Kier molecular flexibility index (Phi) is 4.92. The highest BCUT2D eigenvalue weighted by molar-refractivity contribution is 7.90. The summed E-state index contributed by atoms with van der Waals surface area (Å²) in [7, 11) is -3.00. The quantitative estimate of drug-likeness (QED) is 0.767. The molecule has 6 nitrogen and oxygen atoms in total. The third kappa shape index (κ3) is 4.50. The van der Waals surface area contributed by atoms with Gasteiger partial charge in [0.1, 0.15) is 15.7 Å². The molecular weight excluding hydrogens is 280 g/mol. The van der Waals surface area contributed by atoms with Crippen LogP contribution in [0.25, 0.3) is 0 Å². The summed E-state index contributed by atoms with van der Waals surface area (Å²) >= 11 is 5.85. The van der Waals surface area contributed by atoms with E-state index in [0.29, 0.717) is 13.0 Å². The zero-order chi connectivity index (χ0) is 13.8. The molecule has 18 heavy (non-hydrogen) atoms. The fourth-order valence-electron chi connectivity index (χ4n) is 1.27. The van der Waals surface area contributed by atoms with Gasteiger partial charge in [0.05, 0.1) is 16.3 Å². The fraction of sp³-hybridized carbons (Fsp3) is 0.400. The van der Waals surface area contributed by atoms with E-state index in [4.69, 9.17) is 16.7 Å². The van der Waals surface area contributed by atoms with E-state index in [1.165, 1.54) is 12.3 Å². The minimum atomic E-state index is -3.00. The molecular formula is C10H13ClN2O4S. The highest BCUT2D eigenvalue weighted by atomic mass is 35.5. The van der Waals surface area contributed by atoms with Crippen LogP contribution in [0.2, 0.25) is 5.02 Å². The summed E-state index contributed by atoms with van der Waals surface area (Å²) < 4.78 is 21.8. The monoisotopic (exact) mass is 292 g/mol. The molecule has 0 bridgehead atoms. The van der Waals surface area contributed by atoms with Gasteiger partial charge in [-0.15, -0.1) is 0 Å². The molecule has 1 aromatic heterocycles. The van der Waals surface area contributed by atoms with Crippen LogP contribution in [0.4, 0.5) is 5.82 Å². The molecule has 0 amide bonds. The van der Waals surface area contributed by atoms with Crippen molar-refractivity contribution in [1.29, 1.82) is 0 Å². The van der Waals surface area contributed by atoms with Gasteiger partial charge in [0.15, 0.2) is 0 Å². The highest BCUT2D eigenvalue weighted by Gasteiger charge is 2.12. The Bertz CT molecular complexity index is 545. The van der Waals surface area contributed by atoms with Crippen molar-refractivity contribution in [3.63, 3.8) is 0 Å². The molecule has 0 aliphatic carbocycles. The molecule has 2 N–H and O–H groups in total. The summed E-state index contributed by atoms with van der Waals surface area (Å²) in [4.78, 5) is 14.7. The van der Waals surface area contributed by atoms with Gasteiger partial charge in [-0.25, -0.2) is 18.2 Å². The first-order chi connectivity index (χ1) is 8.31. The second kappa shape index (κ2) is 6.01. The largest absolute Gasteiger partial charge is 0.478 e. The number of halogens is 1. The SMILES string of the molecule is CS(=O)(=O)CCCNc1nccc(C(=O)O)c1Cl. The molecule has 0 radical (unpaired) electrons. The van der Waals surface area contributed by atoms with Gasteiger partial charge in [-0.1, -0.05) is 11.6 Å². The Labute approximate surface area is 110 Å². The van der Waals surface area contributed by atoms with Gasteiger partial charge < -0.3 is 10.4 Å². The van der Waals surface area contributed by atoms with Crippen LogP contribution < -0.4 is 5.32 Å². The summed E-state index contributed by atoms with van der Waals surface area (Å²) in [5.41, 5.74) is -0.0442. The Hall–Kier alpha value is -1.34. The second-order valence-electron chi connectivity index (χ2n) is 3.74. The van der Waals surface area contributed by atoms with Gasteiger partial charge in [0.25, 0.3) is 0 Å². The number of nitrogens with one attached hydrogen (secondary N) is 1. The van der Waals surface area contributed by atoms with Gasteiger partial charge in [-0.2, -0.15) is 0 Å². The number of sulfone groups is 1. The average Bonchev–Trinajstić information content (AvgIpc) is 2.24. The number of pyridine rings is 1. The highest BCUT2D eigenvalue weighted by Crippen LogP contribution is 2.23. The number of hydrogen-bond acceptors (Lipinski definition) is 5. The predicted octanol–water partition coefficient (Wildman–Crippen LogP) is 1.28. The van der Waals surface area contributed by atoms with Crippen LogP contribution in [0.3, 0.4) is 0 Å². The van der Waals surface area contributed by atoms with Crippen LogP contribution in [-0.2, 0) is 9.84 Å². The molecule has 1 heterocycles. The predicted molar refractivity (Wildman–Crippen MR) is 69.0 cm³/mol. The van der Waals surface area contributed by atoms with E-state index in [0.717, 1.165) is 6.26 Å². The van der Waals surface area contributed by atoms with Crippen molar-refractivity contribution < 1.29 is 18.3 Å². The zero-order valence-corrected chi connectivity index (χ0v) is 11.3. The van der Waals surface area contributed by atoms with Crippen LogP contribution in [0, 0.1) is 0 Å². The third-order valence-corrected chi connectivity index (χ3v) is 3.52. The van der Waals surface area contributed by atoms with E-state index in [1.54, 1.807) is 0 Å². The summed E-state index contributed by atoms with van der Waals surface area (Å²) in [6, 6.07) is 1.30. The van der Waals surface area contributed by atoms with Gasteiger partial charge in [0.2, 0.25) is 0 Å². The lowest BCUT2D eigenvalue weighted by molar-refractivity contribution is 0.0697. The molecule has 0 atom stereocenters. The minimum Gasteiger partial charge on any atom is -0.478 e. The van der Waals surface area contributed by atoms with E-state index in [1.807, 2.05) is 0 Å². The third-order valence-electron chi connectivity index (χ3n) is 2.10. The normalized spacial score (nSPS) is 11.2. The molecule has 100 valence electrons. The first-order valence-corrected chi connectivity index (χ1v) is 7.54. The summed E-state index contributed by atoms with van der Waals surface area (Å²) in [6.45, 7) is 0.350. The van der Waals surface area contributed by atoms with Gasteiger partial charge >= 0.3 is 5.97 Å². The molecule has 0 saturated carbocycles. The van der Waals surface area contributed by atoms with E-state index < -0.39 is 15.8 Å². The van der Waals surface area contributed by atoms with Gasteiger partial charge in [0, 0.05) is 19.0 Å². The van der Waals surface area contributed by atoms with Crippen molar-refractivity contribution in [2.24, 2.45) is 0 Å². The standard InChI is InChI=1S/C10H13ClN2O4S/c1-18(16,17)6-2-4-12-9-8(11)7(10(14)15)3-5-13-9/h3,5H,2,4,6H2,1H3,(H,12,13)(H,14,15). The maximum atomic E-state index is 10.9. The molecule has 0 aliphatic rings. The van der Waals surface area contributed by atoms with Gasteiger partial charge in [-0.05, 0) is 12.5 Å². The molecule has 0 spiro atoms. The Balaban J connectivity index is 2.63. The topological polar surface area (TPSA) is 96.4 Å².